The van der Waals surface area contributed by atoms with Crippen LogP contribution in [0, 0.1) is 11.3 Å². The highest BCUT2D eigenvalue weighted by atomic mass is 19.4. The molecule has 142 valence electrons. The van der Waals surface area contributed by atoms with E-state index in [0.29, 0.717) is 16.6 Å². The van der Waals surface area contributed by atoms with Gasteiger partial charge in [-0.3, -0.25) is 4.79 Å². The Balaban J connectivity index is 1.99. The van der Waals surface area contributed by atoms with Crippen LogP contribution in [-0.4, -0.2) is 30.2 Å². The van der Waals surface area contributed by atoms with Crippen molar-refractivity contribution in [1.29, 1.82) is 5.26 Å². The Kier molecular flexibility index (Phi) is 4.88. The third-order valence-corrected chi connectivity index (χ3v) is 4.00. The number of alkyl halides is 3. The summed E-state index contributed by atoms with van der Waals surface area (Å²) >= 11 is 0. The molecule has 1 heterocycles. The summed E-state index contributed by atoms with van der Waals surface area (Å²) in [6.07, 6.45) is -4.50. The fourth-order valence-electron chi connectivity index (χ4n) is 2.67. The maximum Gasteiger partial charge on any atom is 0.416 e. The van der Waals surface area contributed by atoms with Crippen molar-refractivity contribution in [2.24, 2.45) is 0 Å². The molecule has 0 saturated carbocycles. The summed E-state index contributed by atoms with van der Waals surface area (Å²) in [5, 5.41) is 20.6. The first-order chi connectivity index (χ1) is 13.2. The summed E-state index contributed by atoms with van der Waals surface area (Å²) in [5.41, 5.74) is -0.499. The topological polar surface area (TPSA) is 81.9 Å². The van der Waals surface area contributed by atoms with Gasteiger partial charge in [0.05, 0.1) is 5.56 Å². The predicted molar refractivity (Wildman–Crippen MR) is 98.0 cm³/mol. The molecule has 1 aromatic heterocycles. The molecule has 0 aliphatic rings. The lowest BCUT2D eigenvalue weighted by Crippen LogP contribution is -2.15. The number of aromatic nitrogens is 2. The van der Waals surface area contributed by atoms with Gasteiger partial charge >= 0.3 is 6.18 Å². The summed E-state index contributed by atoms with van der Waals surface area (Å²) in [6, 6.07) is 10.9. The first-order valence-corrected chi connectivity index (χ1v) is 8.07. The number of nitrogens with one attached hydrogen (secondary N) is 1. The number of fused-ring (bicyclic) bond motifs is 1. The number of amides is 1. The Morgan fingerprint density at radius 3 is 2.50 bits per heavy atom. The van der Waals surface area contributed by atoms with Crippen molar-refractivity contribution in [2.45, 2.75) is 6.18 Å². The summed E-state index contributed by atoms with van der Waals surface area (Å²) in [6.45, 7) is 0. The lowest BCUT2D eigenvalue weighted by atomic mass is 10.1. The van der Waals surface area contributed by atoms with E-state index in [1.54, 1.807) is 25.1 Å². The molecule has 0 aliphatic carbocycles. The Morgan fingerprint density at radius 2 is 1.86 bits per heavy atom. The molecule has 1 N–H and O–H groups in total. The number of rotatable bonds is 3. The van der Waals surface area contributed by atoms with Gasteiger partial charge in [-0.05, 0) is 30.3 Å². The number of carbonyl (C=O) groups excluding carboxylic acids is 1. The van der Waals surface area contributed by atoms with Crippen LogP contribution in [0.2, 0.25) is 0 Å². The Morgan fingerprint density at radius 1 is 1.11 bits per heavy atom. The molecule has 0 unspecified atom stereocenters. The van der Waals surface area contributed by atoms with Gasteiger partial charge in [-0.25, -0.2) is 0 Å². The number of benzene rings is 2. The first-order valence-electron chi connectivity index (χ1n) is 8.07. The zero-order valence-electron chi connectivity index (χ0n) is 14.9. The van der Waals surface area contributed by atoms with Crippen LogP contribution >= 0.6 is 0 Å². The highest BCUT2D eigenvalue weighted by Gasteiger charge is 2.30. The Labute approximate surface area is 158 Å². The predicted octanol–water partition coefficient (Wildman–Crippen LogP) is 3.84. The molecule has 28 heavy (non-hydrogen) atoms. The van der Waals surface area contributed by atoms with Gasteiger partial charge in [-0.2, -0.15) is 18.4 Å². The summed E-state index contributed by atoms with van der Waals surface area (Å²) < 4.78 is 38.5. The van der Waals surface area contributed by atoms with Crippen molar-refractivity contribution in [2.75, 3.05) is 24.3 Å². The van der Waals surface area contributed by atoms with Gasteiger partial charge in [0.25, 0.3) is 5.91 Å². The van der Waals surface area contributed by atoms with E-state index in [-0.39, 0.29) is 16.9 Å². The number of carbonyl (C=O) groups is 1. The highest BCUT2D eigenvalue weighted by molar-refractivity contribution is 6.08. The SMILES string of the molecule is CN(C)c1nnc(C#N)c2ccc(C(=O)Nc3cccc(C(F)(F)F)c3)cc12. The third kappa shape index (κ3) is 3.71. The lowest BCUT2D eigenvalue weighted by Gasteiger charge is -2.14. The number of nitrogens with zero attached hydrogens (tertiary/aromatic N) is 4. The summed E-state index contributed by atoms with van der Waals surface area (Å²) in [4.78, 5) is 14.2. The maximum absolute atomic E-state index is 12.8. The van der Waals surface area contributed by atoms with Crippen LogP contribution < -0.4 is 10.2 Å². The molecule has 0 aliphatic heterocycles. The summed E-state index contributed by atoms with van der Waals surface area (Å²) in [5.74, 6) is -0.121. The largest absolute Gasteiger partial charge is 0.416 e. The second kappa shape index (κ2) is 7.15. The average Bonchev–Trinajstić information content (AvgIpc) is 2.66. The first kappa shape index (κ1) is 19.1. The van der Waals surface area contributed by atoms with Crippen molar-refractivity contribution in [3.8, 4) is 6.07 Å². The van der Waals surface area contributed by atoms with Gasteiger partial charge in [0.2, 0.25) is 0 Å². The third-order valence-electron chi connectivity index (χ3n) is 4.00. The smallest absolute Gasteiger partial charge is 0.361 e. The van der Waals surface area contributed by atoms with Gasteiger partial charge in [0.1, 0.15) is 6.07 Å². The van der Waals surface area contributed by atoms with Gasteiger partial charge in [0.15, 0.2) is 11.5 Å². The molecule has 1 amide bonds. The minimum Gasteiger partial charge on any atom is -0.361 e. The minimum atomic E-state index is -4.50. The number of anilines is 2. The molecule has 0 fully saturated rings. The lowest BCUT2D eigenvalue weighted by molar-refractivity contribution is -0.137. The Hall–Kier alpha value is -3.67. The van der Waals surface area contributed by atoms with Gasteiger partial charge in [-0.1, -0.05) is 12.1 Å². The van der Waals surface area contributed by atoms with E-state index in [4.69, 9.17) is 0 Å². The van der Waals surface area contributed by atoms with Crippen molar-refractivity contribution >= 4 is 28.2 Å². The fraction of sp³-hybridized carbons (Fsp3) is 0.158. The van der Waals surface area contributed by atoms with Crippen LogP contribution in [0.4, 0.5) is 24.7 Å². The average molecular weight is 385 g/mol. The van der Waals surface area contributed by atoms with Crippen LogP contribution in [0.5, 0.6) is 0 Å². The monoisotopic (exact) mass is 385 g/mol. The van der Waals surface area contributed by atoms with Crippen LogP contribution in [0.3, 0.4) is 0 Å². The molecule has 0 atom stereocenters. The van der Waals surface area contributed by atoms with Gasteiger partial charge in [-0.15, -0.1) is 10.2 Å². The fourth-order valence-corrected chi connectivity index (χ4v) is 2.67. The number of hydrogen-bond acceptors (Lipinski definition) is 5. The number of halogens is 3. The zero-order valence-corrected chi connectivity index (χ0v) is 14.9. The van der Waals surface area contributed by atoms with Crippen molar-refractivity contribution < 1.29 is 18.0 Å². The van der Waals surface area contributed by atoms with Crippen LogP contribution in [-0.2, 0) is 6.18 Å². The van der Waals surface area contributed by atoms with E-state index in [1.807, 2.05) is 6.07 Å². The van der Waals surface area contributed by atoms with Crippen molar-refractivity contribution in [3.63, 3.8) is 0 Å². The van der Waals surface area contributed by atoms with Crippen LogP contribution in [0.25, 0.3) is 10.8 Å². The van der Waals surface area contributed by atoms with Crippen LogP contribution in [0.1, 0.15) is 21.6 Å². The molecular weight excluding hydrogens is 371 g/mol. The molecule has 2 aromatic carbocycles. The standard InChI is InChI=1S/C19H14F3N5O/c1-27(2)17-15-8-11(6-7-14(15)16(10-23)25-26-17)18(28)24-13-5-3-4-12(9-13)19(20,21)22/h3-9H,1-2H3,(H,24,28). The van der Waals surface area contributed by atoms with Crippen LogP contribution in [0.15, 0.2) is 42.5 Å². The second-order valence-electron chi connectivity index (χ2n) is 6.17. The molecule has 0 bridgehead atoms. The molecule has 3 rings (SSSR count). The second-order valence-corrected chi connectivity index (χ2v) is 6.17. The highest BCUT2D eigenvalue weighted by Crippen LogP contribution is 2.31. The summed E-state index contributed by atoms with van der Waals surface area (Å²) in [7, 11) is 3.48. The quantitative estimate of drug-likeness (QED) is 0.741. The van der Waals surface area contributed by atoms with Gasteiger partial charge < -0.3 is 10.2 Å². The van der Waals surface area contributed by atoms with E-state index in [1.165, 1.54) is 24.3 Å². The Bertz CT molecular complexity index is 1100. The number of hydrogen-bond donors (Lipinski definition) is 1. The van der Waals surface area contributed by atoms with E-state index in [9.17, 15) is 23.2 Å². The molecule has 0 spiro atoms. The van der Waals surface area contributed by atoms with E-state index in [2.05, 4.69) is 15.5 Å². The van der Waals surface area contributed by atoms with E-state index < -0.39 is 17.6 Å². The molecule has 9 heteroatoms. The van der Waals surface area contributed by atoms with Gasteiger partial charge in [0, 0.05) is 36.1 Å². The molecule has 0 radical (unpaired) electrons. The molecule has 0 saturated heterocycles. The van der Waals surface area contributed by atoms with E-state index in [0.717, 1.165) is 12.1 Å². The normalized spacial score (nSPS) is 11.1. The maximum atomic E-state index is 12.8. The molecule has 3 aromatic rings. The number of nitriles is 1. The zero-order chi connectivity index (χ0) is 20.5. The minimum absolute atomic E-state index is 0.0262. The van der Waals surface area contributed by atoms with Crippen molar-refractivity contribution in [1.82, 2.24) is 10.2 Å². The van der Waals surface area contributed by atoms with E-state index >= 15 is 0 Å². The molecular formula is C19H14F3N5O. The molecule has 6 nitrogen and oxygen atoms in total. The van der Waals surface area contributed by atoms with Crippen molar-refractivity contribution in [3.05, 3.63) is 59.3 Å².